The van der Waals surface area contributed by atoms with Crippen LogP contribution in [0.4, 0.5) is 0 Å². The van der Waals surface area contributed by atoms with Crippen LogP contribution in [0, 0.1) is 6.92 Å². The van der Waals surface area contributed by atoms with E-state index in [0.717, 1.165) is 16.3 Å². The van der Waals surface area contributed by atoms with Gasteiger partial charge in [-0.1, -0.05) is 23.7 Å². The van der Waals surface area contributed by atoms with Gasteiger partial charge in [0.2, 0.25) is 0 Å². The largest absolute Gasteiger partial charge is 0.294 e. The van der Waals surface area contributed by atoms with Gasteiger partial charge in [-0.3, -0.25) is 9.48 Å². The second kappa shape index (κ2) is 6.46. The molecule has 0 atom stereocenters. The standard InChI is InChI=1S/C15H17ClN2OS/c1-4-18-13(15(16)10(2)17-18)9-14(19)11-5-7-12(20-3)8-6-11/h5-8H,4,9H2,1-3H3. The number of nitrogens with zero attached hydrogens (tertiary/aromatic N) is 2. The lowest BCUT2D eigenvalue weighted by Gasteiger charge is -2.05. The van der Waals surface area contributed by atoms with Gasteiger partial charge in [0, 0.05) is 17.0 Å². The zero-order valence-electron chi connectivity index (χ0n) is 11.8. The van der Waals surface area contributed by atoms with Crippen LogP contribution >= 0.6 is 23.4 Å². The molecule has 1 aromatic carbocycles. The van der Waals surface area contributed by atoms with Crippen molar-refractivity contribution in [1.82, 2.24) is 9.78 Å². The third-order valence-electron chi connectivity index (χ3n) is 3.19. The molecule has 0 saturated heterocycles. The van der Waals surface area contributed by atoms with Gasteiger partial charge in [0.05, 0.1) is 22.8 Å². The second-order valence-corrected chi connectivity index (χ2v) is 5.75. The lowest BCUT2D eigenvalue weighted by Crippen LogP contribution is -2.10. The molecule has 0 aliphatic rings. The Morgan fingerprint density at radius 1 is 1.35 bits per heavy atom. The monoisotopic (exact) mass is 308 g/mol. The van der Waals surface area contributed by atoms with E-state index in [1.807, 2.05) is 44.4 Å². The van der Waals surface area contributed by atoms with E-state index in [-0.39, 0.29) is 12.2 Å². The highest BCUT2D eigenvalue weighted by Crippen LogP contribution is 2.22. The Morgan fingerprint density at radius 3 is 2.55 bits per heavy atom. The van der Waals surface area contributed by atoms with Gasteiger partial charge >= 0.3 is 0 Å². The fourth-order valence-electron chi connectivity index (χ4n) is 2.07. The fourth-order valence-corrected chi connectivity index (χ4v) is 2.68. The van der Waals surface area contributed by atoms with Crippen molar-refractivity contribution in [1.29, 1.82) is 0 Å². The van der Waals surface area contributed by atoms with Crippen LogP contribution in [-0.4, -0.2) is 21.8 Å². The van der Waals surface area contributed by atoms with Crippen molar-refractivity contribution in [2.24, 2.45) is 0 Å². The third kappa shape index (κ3) is 3.07. The molecule has 106 valence electrons. The number of benzene rings is 1. The molecule has 0 unspecified atom stereocenters. The highest BCUT2D eigenvalue weighted by Gasteiger charge is 2.16. The summed E-state index contributed by atoms with van der Waals surface area (Å²) in [6.45, 7) is 4.56. The number of aromatic nitrogens is 2. The van der Waals surface area contributed by atoms with Crippen molar-refractivity contribution in [2.45, 2.75) is 31.7 Å². The van der Waals surface area contributed by atoms with Gasteiger partial charge < -0.3 is 0 Å². The molecule has 0 saturated carbocycles. The summed E-state index contributed by atoms with van der Waals surface area (Å²) >= 11 is 7.89. The van der Waals surface area contributed by atoms with E-state index in [1.54, 1.807) is 16.4 Å². The van der Waals surface area contributed by atoms with E-state index in [1.165, 1.54) is 0 Å². The summed E-state index contributed by atoms with van der Waals surface area (Å²) in [5.41, 5.74) is 2.28. The van der Waals surface area contributed by atoms with Crippen LogP contribution in [0.25, 0.3) is 0 Å². The Morgan fingerprint density at radius 2 is 2.00 bits per heavy atom. The van der Waals surface area contributed by atoms with Gasteiger partial charge in [-0.25, -0.2) is 0 Å². The summed E-state index contributed by atoms with van der Waals surface area (Å²) in [4.78, 5) is 13.5. The lowest BCUT2D eigenvalue weighted by atomic mass is 10.1. The number of Topliss-reactive ketones (excluding diaryl/α,β-unsaturated/α-hetero) is 1. The molecule has 0 spiro atoms. The van der Waals surface area contributed by atoms with E-state index in [2.05, 4.69) is 5.10 Å². The topological polar surface area (TPSA) is 34.9 Å². The van der Waals surface area contributed by atoms with E-state index in [9.17, 15) is 4.79 Å². The highest BCUT2D eigenvalue weighted by atomic mass is 35.5. The number of ketones is 1. The molecule has 3 nitrogen and oxygen atoms in total. The number of carbonyl (C=O) groups is 1. The summed E-state index contributed by atoms with van der Waals surface area (Å²) in [6, 6.07) is 7.65. The van der Waals surface area contributed by atoms with Crippen LogP contribution in [0.3, 0.4) is 0 Å². The fraction of sp³-hybridized carbons (Fsp3) is 0.333. The van der Waals surface area contributed by atoms with Crippen molar-refractivity contribution in [3.05, 3.63) is 46.2 Å². The summed E-state index contributed by atoms with van der Waals surface area (Å²) < 4.78 is 1.80. The molecule has 20 heavy (non-hydrogen) atoms. The molecule has 0 aliphatic heterocycles. The zero-order valence-corrected chi connectivity index (χ0v) is 13.4. The zero-order chi connectivity index (χ0) is 14.7. The van der Waals surface area contributed by atoms with Crippen LogP contribution in [0.15, 0.2) is 29.2 Å². The first-order valence-electron chi connectivity index (χ1n) is 6.45. The van der Waals surface area contributed by atoms with Crippen molar-refractivity contribution in [3.8, 4) is 0 Å². The van der Waals surface area contributed by atoms with Crippen LogP contribution in [0.5, 0.6) is 0 Å². The molecular weight excluding hydrogens is 292 g/mol. The van der Waals surface area contributed by atoms with E-state index in [4.69, 9.17) is 11.6 Å². The molecule has 0 amide bonds. The van der Waals surface area contributed by atoms with Crippen molar-refractivity contribution >= 4 is 29.1 Å². The maximum absolute atomic E-state index is 12.3. The van der Waals surface area contributed by atoms with Gasteiger partial charge in [-0.2, -0.15) is 5.10 Å². The quantitative estimate of drug-likeness (QED) is 0.618. The lowest BCUT2D eigenvalue weighted by molar-refractivity contribution is 0.0990. The summed E-state index contributed by atoms with van der Waals surface area (Å²) in [5, 5.41) is 4.93. The van der Waals surface area contributed by atoms with Crippen LogP contribution < -0.4 is 0 Å². The Bertz CT molecular complexity index is 620. The first kappa shape index (κ1) is 15.1. The van der Waals surface area contributed by atoms with Crippen molar-refractivity contribution < 1.29 is 4.79 Å². The normalized spacial score (nSPS) is 10.8. The maximum Gasteiger partial charge on any atom is 0.168 e. The maximum atomic E-state index is 12.3. The van der Waals surface area contributed by atoms with Crippen LogP contribution in [0.1, 0.15) is 28.7 Å². The molecule has 2 rings (SSSR count). The molecule has 0 aliphatic carbocycles. The summed E-state index contributed by atoms with van der Waals surface area (Å²) in [7, 11) is 0. The van der Waals surface area contributed by atoms with E-state index < -0.39 is 0 Å². The summed E-state index contributed by atoms with van der Waals surface area (Å²) in [6.07, 6.45) is 2.30. The van der Waals surface area contributed by atoms with E-state index in [0.29, 0.717) is 17.1 Å². The smallest absolute Gasteiger partial charge is 0.168 e. The molecule has 5 heteroatoms. The molecular formula is C15H17ClN2OS. The molecule has 0 radical (unpaired) electrons. The van der Waals surface area contributed by atoms with Crippen LogP contribution in [-0.2, 0) is 13.0 Å². The first-order chi connectivity index (χ1) is 9.56. The minimum absolute atomic E-state index is 0.0640. The second-order valence-electron chi connectivity index (χ2n) is 4.49. The molecule has 1 aromatic heterocycles. The van der Waals surface area contributed by atoms with Gasteiger partial charge in [-0.05, 0) is 32.2 Å². The number of hydrogen-bond donors (Lipinski definition) is 0. The Kier molecular flexibility index (Phi) is 4.89. The molecule has 1 heterocycles. The number of carbonyl (C=O) groups excluding carboxylic acids is 1. The highest BCUT2D eigenvalue weighted by molar-refractivity contribution is 7.98. The molecule has 0 N–H and O–H groups in total. The van der Waals surface area contributed by atoms with Gasteiger partial charge in [0.25, 0.3) is 0 Å². The van der Waals surface area contributed by atoms with Gasteiger partial charge in [-0.15, -0.1) is 11.8 Å². The third-order valence-corrected chi connectivity index (χ3v) is 4.43. The van der Waals surface area contributed by atoms with Crippen molar-refractivity contribution in [3.63, 3.8) is 0 Å². The Labute approximate surface area is 128 Å². The number of aryl methyl sites for hydroxylation is 2. The molecule has 2 aromatic rings. The molecule has 0 bridgehead atoms. The van der Waals surface area contributed by atoms with Gasteiger partial charge in [0.1, 0.15) is 0 Å². The van der Waals surface area contributed by atoms with Gasteiger partial charge in [0.15, 0.2) is 5.78 Å². The Balaban J connectivity index is 2.22. The number of rotatable bonds is 5. The average molecular weight is 309 g/mol. The predicted molar refractivity (Wildman–Crippen MR) is 83.9 cm³/mol. The molecule has 0 fully saturated rings. The van der Waals surface area contributed by atoms with E-state index >= 15 is 0 Å². The number of halogens is 1. The van der Waals surface area contributed by atoms with Crippen LogP contribution in [0.2, 0.25) is 5.02 Å². The Hall–Kier alpha value is -1.26. The number of thioether (sulfide) groups is 1. The average Bonchev–Trinajstić information content (AvgIpc) is 2.75. The van der Waals surface area contributed by atoms with Crippen molar-refractivity contribution in [2.75, 3.05) is 6.26 Å². The number of hydrogen-bond acceptors (Lipinski definition) is 3. The SMILES string of the molecule is CCn1nc(C)c(Cl)c1CC(=O)c1ccc(SC)cc1. The summed E-state index contributed by atoms with van der Waals surface area (Å²) in [5.74, 6) is 0.0640. The predicted octanol–water partition coefficient (Wildman–Crippen LogP) is 4.01. The first-order valence-corrected chi connectivity index (χ1v) is 8.06. The minimum atomic E-state index is 0.0640. The minimum Gasteiger partial charge on any atom is -0.294 e.